The molecule has 3 nitrogen and oxygen atoms in total. The Balaban J connectivity index is 2.61. The average molecular weight is 248 g/mol. The second-order valence-corrected chi connectivity index (χ2v) is 5.04. The van der Waals surface area contributed by atoms with Crippen LogP contribution in [0.1, 0.15) is 45.1 Å². The summed E-state index contributed by atoms with van der Waals surface area (Å²) in [6.07, 6.45) is 1.44. The van der Waals surface area contributed by atoms with Crippen molar-refractivity contribution < 1.29 is 4.79 Å². The van der Waals surface area contributed by atoms with Gasteiger partial charge in [0.25, 0.3) is 0 Å². The first kappa shape index (κ1) is 14.7. The Hall–Kier alpha value is -1.35. The SMILES string of the molecule is CCC(CN)CC(=O)Nc1cccc(C(C)C)c1. The highest BCUT2D eigenvalue weighted by molar-refractivity contribution is 5.90. The Morgan fingerprint density at radius 1 is 1.39 bits per heavy atom. The minimum atomic E-state index is 0.0493. The zero-order chi connectivity index (χ0) is 13.5. The number of amides is 1. The molecule has 1 unspecified atom stereocenters. The van der Waals surface area contributed by atoms with Crippen molar-refractivity contribution in [3.05, 3.63) is 29.8 Å². The molecule has 1 amide bonds. The maximum atomic E-state index is 11.9. The van der Waals surface area contributed by atoms with Crippen LogP contribution in [0.4, 0.5) is 5.69 Å². The fourth-order valence-corrected chi connectivity index (χ4v) is 1.84. The van der Waals surface area contributed by atoms with Crippen LogP contribution in [-0.2, 0) is 4.79 Å². The van der Waals surface area contributed by atoms with Crippen LogP contribution < -0.4 is 11.1 Å². The van der Waals surface area contributed by atoms with E-state index < -0.39 is 0 Å². The fourth-order valence-electron chi connectivity index (χ4n) is 1.84. The maximum Gasteiger partial charge on any atom is 0.224 e. The molecule has 0 spiro atoms. The van der Waals surface area contributed by atoms with E-state index in [0.29, 0.717) is 18.9 Å². The van der Waals surface area contributed by atoms with E-state index in [1.807, 2.05) is 18.2 Å². The number of nitrogens with two attached hydrogens (primary N) is 1. The monoisotopic (exact) mass is 248 g/mol. The summed E-state index contributed by atoms with van der Waals surface area (Å²) in [5.41, 5.74) is 7.72. The van der Waals surface area contributed by atoms with Gasteiger partial charge in [0, 0.05) is 12.1 Å². The average Bonchev–Trinajstić information content (AvgIpc) is 2.36. The van der Waals surface area contributed by atoms with Crippen molar-refractivity contribution in [2.75, 3.05) is 11.9 Å². The summed E-state index contributed by atoms with van der Waals surface area (Å²) in [7, 11) is 0. The summed E-state index contributed by atoms with van der Waals surface area (Å²) >= 11 is 0. The van der Waals surface area contributed by atoms with Crippen molar-refractivity contribution in [3.8, 4) is 0 Å². The number of hydrogen-bond donors (Lipinski definition) is 2. The third kappa shape index (κ3) is 4.49. The highest BCUT2D eigenvalue weighted by atomic mass is 16.1. The third-order valence-electron chi connectivity index (χ3n) is 3.22. The second kappa shape index (κ2) is 7.17. The Morgan fingerprint density at radius 3 is 2.67 bits per heavy atom. The van der Waals surface area contributed by atoms with Crippen LogP contribution in [0.2, 0.25) is 0 Å². The molecule has 1 atom stereocenters. The zero-order valence-corrected chi connectivity index (χ0v) is 11.6. The van der Waals surface area contributed by atoms with Crippen molar-refractivity contribution in [2.45, 2.75) is 39.5 Å². The lowest BCUT2D eigenvalue weighted by molar-refractivity contribution is -0.117. The van der Waals surface area contributed by atoms with Crippen LogP contribution in [0, 0.1) is 5.92 Å². The highest BCUT2D eigenvalue weighted by Crippen LogP contribution is 2.19. The second-order valence-electron chi connectivity index (χ2n) is 5.04. The lowest BCUT2D eigenvalue weighted by Crippen LogP contribution is -2.21. The lowest BCUT2D eigenvalue weighted by atomic mass is 10.0. The van der Waals surface area contributed by atoms with Gasteiger partial charge in [0.05, 0.1) is 0 Å². The van der Waals surface area contributed by atoms with Crippen LogP contribution in [0.25, 0.3) is 0 Å². The zero-order valence-electron chi connectivity index (χ0n) is 11.6. The van der Waals surface area contributed by atoms with Gasteiger partial charge in [-0.15, -0.1) is 0 Å². The van der Waals surface area contributed by atoms with Crippen LogP contribution in [-0.4, -0.2) is 12.5 Å². The van der Waals surface area contributed by atoms with Crippen LogP contribution in [0.3, 0.4) is 0 Å². The molecular weight excluding hydrogens is 224 g/mol. The summed E-state index contributed by atoms with van der Waals surface area (Å²) in [6.45, 7) is 6.91. The molecule has 1 aromatic rings. The molecule has 0 saturated carbocycles. The Kier molecular flexibility index (Phi) is 5.86. The van der Waals surface area contributed by atoms with Gasteiger partial charge in [-0.1, -0.05) is 39.3 Å². The minimum Gasteiger partial charge on any atom is -0.330 e. The molecule has 0 aliphatic carbocycles. The van der Waals surface area contributed by atoms with Gasteiger partial charge in [-0.3, -0.25) is 4.79 Å². The van der Waals surface area contributed by atoms with Crippen molar-refractivity contribution in [1.82, 2.24) is 0 Å². The molecule has 0 heterocycles. The molecule has 1 rings (SSSR count). The number of rotatable bonds is 6. The number of nitrogens with one attached hydrogen (secondary N) is 1. The normalized spacial score (nSPS) is 12.5. The Bertz CT molecular complexity index is 384. The van der Waals surface area contributed by atoms with Gasteiger partial charge < -0.3 is 11.1 Å². The molecule has 3 heteroatoms. The third-order valence-corrected chi connectivity index (χ3v) is 3.22. The molecule has 0 saturated heterocycles. The molecule has 100 valence electrons. The Labute approximate surface area is 110 Å². The molecule has 0 aliphatic rings. The molecule has 0 bridgehead atoms. The van der Waals surface area contributed by atoms with Crippen molar-refractivity contribution in [3.63, 3.8) is 0 Å². The largest absolute Gasteiger partial charge is 0.330 e. The molecule has 0 aliphatic heterocycles. The number of anilines is 1. The predicted molar refractivity (Wildman–Crippen MR) is 76.6 cm³/mol. The summed E-state index contributed by atoms with van der Waals surface area (Å²) in [5.74, 6) is 0.792. The van der Waals surface area contributed by atoms with E-state index in [1.165, 1.54) is 5.56 Å². The van der Waals surface area contributed by atoms with Crippen LogP contribution >= 0.6 is 0 Å². The number of benzene rings is 1. The minimum absolute atomic E-state index is 0.0493. The first-order valence-corrected chi connectivity index (χ1v) is 6.66. The lowest BCUT2D eigenvalue weighted by Gasteiger charge is -2.13. The standard InChI is InChI=1S/C15H24N2O/c1-4-12(10-16)8-15(18)17-14-7-5-6-13(9-14)11(2)3/h5-7,9,11-12H,4,8,10,16H2,1-3H3,(H,17,18). The first-order valence-electron chi connectivity index (χ1n) is 6.66. The molecule has 18 heavy (non-hydrogen) atoms. The van der Waals surface area contributed by atoms with E-state index >= 15 is 0 Å². The van der Waals surface area contributed by atoms with E-state index in [4.69, 9.17) is 5.73 Å². The summed E-state index contributed by atoms with van der Waals surface area (Å²) in [4.78, 5) is 11.9. The smallest absolute Gasteiger partial charge is 0.224 e. The van der Waals surface area contributed by atoms with Crippen LogP contribution in [0.5, 0.6) is 0 Å². The van der Waals surface area contributed by atoms with Gasteiger partial charge in [-0.05, 0) is 36.1 Å². The van der Waals surface area contributed by atoms with Crippen LogP contribution in [0.15, 0.2) is 24.3 Å². The van der Waals surface area contributed by atoms with Gasteiger partial charge >= 0.3 is 0 Å². The summed E-state index contributed by atoms with van der Waals surface area (Å²) < 4.78 is 0. The van der Waals surface area contributed by atoms with Crippen molar-refractivity contribution in [1.29, 1.82) is 0 Å². The topological polar surface area (TPSA) is 55.1 Å². The van der Waals surface area contributed by atoms with E-state index in [9.17, 15) is 4.79 Å². The highest BCUT2D eigenvalue weighted by Gasteiger charge is 2.11. The van der Waals surface area contributed by atoms with E-state index in [0.717, 1.165) is 12.1 Å². The van der Waals surface area contributed by atoms with E-state index in [-0.39, 0.29) is 11.8 Å². The van der Waals surface area contributed by atoms with Gasteiger partial charge in [0.2, 0.25) is 5.91 Å². The number of hydrogen-bond acceptors (Lipinski definition) is 2. The summed E-state index contributed by atoms with van der Waals surface area (Å²) in [6, 6.07) is 8.01. The Morgan fingerprint density at radius 2 is 2.11 bits per heavy atom. The molecule has 1 aromatic carbocycles. The fraction of sp³-hybridized carbons (Fsp3) is 0.533. The van der Waals surface area contributed by atoms with E-state index in [2.05, 4.69) is 32.2 Å². The van der Waals surface area contributed by atoms with Gasteiger partial charge in [-0.25, -0.2) is 0 Å². The summed E-state index contributed by atoms with van der Waals surface area (Å²) in [5, 5.41) is 2.94. The van der Waals surface area contributed by atoms with Gasteiger partial charge in [0.1, 0.15) is 0 Å². The maximum absolute atomic E-state index is 11.9. The quantitative estimate of drug-likeness (QED) is 0.812. The van der Waals surface area contributed by atoms with Crippen molar-refractivity contribution in [2.24, 2.45) is 11.7 Å². The van der Waals surface area contributed by atoms with E-state index in [1.54, 1.807) is 0 Å². The molecule has 0 aromatic heterocycles. The van der Waals surface area contributed by atoms with Gasteiger partial charge in [0.15, 0.2) is 0 Å². The number of carbonyl (C=O) groups is 1. The molecule has 0 fully saturated rings. The van der Waals surface area contributed by atoms with Gasteiger partial charge in [-0.2, -0.15) is 0 Å². The number of carbonyl (C=O) groups excluding carboxylic acids is 1. The molecule has 0 radical (unpaired) electrons. The molecular formula is C15H24N2O. The molecule has 3 N–H and O–H groups in total. The first-order chi connectivity index (χ1) is 8.56. The predicted octanol–water partition coefficient (Wildman–Crippen LogP) is 3.12. The van der Waals surface area contributed by atoms with Crippen molar-refractivity contribution >= 4 is 11.6 Å².